The Morgan fingerprint density at radius 2 is 1.46 bits per heavy atom. The molecule has 0 unspecified atom stereocenters. The molecule has 0 N–H and O–H groups in total. The van der Waals surface area contributed by atoms with E-state index in [0.717, 1.165) is 38.9 Å². The Kier molecular flexibility index (Phi) is 4.68. The van der Waals surface area contributed by atoms with E-state index in [4.69, 9.17) is 16.6 Å². The van der Waals surface area contributed by atoms with Crippen LogP contribution in [0.1, 0.15) is 5.56 Å². The quantitative estimate of drug-likeness (QED) is 0.378. The van der Waals surface area contributed by atoms with E-state index in [1.54, 1.807) is 12.1 Å². The van der Waals surface area contributed by atoms with Gasteiger partial charge in [0.15, 0.2) is 0 Å². The normalized spacial score (nSPS) is 11.0. The van der Waals surface area contributed by atoms with Crippen molar-refractivity contribution in [3.05, 3.63) is 90.2 Å². The lowest BCUT2D eigenvalue weighted by Gasteiger charge is -2.17. The summed E-state index contributed by atoms with van der Waals surface area (Å²) in [5.41, 5.74) is 6.06. The Morgan fingerprint density at radius 3 is 2.19 bits per heavy atom. The molecule has 26 heavy (non-hydrogen) atoms. The zero-order chi connectivity index (χ0) is 17.9. The van der Waals surface area contributed by atoms with Crippen LogP contribution in [0.5, 0.6) is 0 Å². The number of pyridine rings is 1. The number of aromatic nitrogens is 1. The SMILES string of the molecule is Fc1ccc(-c2nc3ccccc3c(-c3ccccc3)c2CCCl)cc1. The lowest BCUT2D eigenvalue weighted by atomic mass is 9.91. The Hall–Kier alpha value is -2.71. The van der Waals surface area contributed by atoms with Gasteiger partial charge in [0, 0.05) is 16.8 Å². The average molecular weight is 362 g/mol. The second-order valence-electron chi connectivity index (χ2n) is 6.14. The third-order valence-corrected chi connectivity index (χ3v) is 4.71. The van der Waals surface area contributed by atoms with Gasteiger partial charge in [-0.05, 0) is 53.4 Å². The number of fused-ring (bicyclic) bond motifs is 1. The number of halogens is 2. The van der Waals surface area contributed by atoms with E-state index in [2.05, 4.69) is 18.2 Å². The summed E-state index contributed by atoms with van der Waals surface area (Å²) >= 11 is 6.14. The van der Waals surface area contributed by atoms with E-state index in [-0.39, 0.29) is 5.82 Å². The smallest absolute Gasteiger partial charge is 0.123 e. The van der Waals surface area contributed by atoms with Crippen molar-refractivity contribution in [1.82, 2.24) is 4.98 Å². The summed E-state index contributed by atoms with van der Waals surface area (Å²) in [5.74, 6) is 0.241. The third kappa shape index (κ3) is 3.09. The maximum atomic E-state index is 13.4. The van der Waals surface area contributed by atoms with Crippen molar-refractivity contribution in [2.24, 2.45) is 0 Å². The highest BCUT2D eigenvalue weighted by atomic mass is 35.5. The van der Waals surface area contributed by atoms with Gasteiger partial charge in [-0.1, -0.05) is 48.5 Å². The van der Waals surface area contributed by atoms with Crippen LogP contribution in [0.15, 0.2) is 78.9 Å². The molecule has 1 aromatic heterocycles. The molecule has 0 aliphatic carbocycles. The molecule has 3 aromatic carbocycles. The van der Waals surface area contributed by atoms with Gasteiger partial charge in [0.05, 0.1) is 11.2 Å². The largest absolute Gasteiger partial charge is 0.247 e. The molecule has 3 heteroatoms. The van der Waals surface area contributed by atoms with Gasteiger partial charge in [0.25, 0.3) is 0 Å². The minimum atomic E-state index is -0.253. The van der Waals surface area contributed by atoms with Crippen LogP contribution in [0.4, 0.5) is 4.39 Å². The molecule has 0 saturated heterocycles. The molecular formula is C23H17ClFN. The van der Waals surface area contributed by atoms with E-state index in [0.29, 0.717) is 12.3 Å². The standard InChI is InChI=1S/C23H17ClFN/c24-15-14-20-22(16-6-2-1-3-7-16)19-8-4-5-9-21(19)26-23(20)17-10-12-18(25)13-11-17/h1-13H,14-15H2. The third-order valence-electron chi connectivity index (χ3n) is 4.52. The van der Waals surface area contributed by atoms with Crippen LogP contribution in [0, 0.1) is 5.82 Å². The van der Waals surface area contributed by atoms with E-state index in [1.165, 1.54) is 12.1 Å². The predicted molar refractivity (Wildman–Crippen MR) is 107 cm³/mol. The van der Waals surface area contributed by atoms with Gasteiger partial charge in [-0.25, -0.2) is 9.37 Å². The Labute approximate surface area is 157 Å². The monoisotopic (exact) mass is 361 g/mol. The van der Waals surface area contributed by atoms with Crippen molar-refractivity contribution >= 4 is 22.5 Å². The molecule has 0 atom stereocenters. The van der Waals surface area contributed by atoms with E-state index in [1.807, 2.05) is 36.4 Å². The molecule has 4 rings (SSSR count). The first-order chi connectivity index (χ1) is 12.8. The molecule has 1 heterocycles. The fraction of sp³-hybridized carbons (Fsp3) is 0.0870. The number of rotatable bonds is 4. The molecule has 1 nitrogen and oxygen atoms in total. The highest BCUT2D eigenvalue weighted by Gasteiger charge is 2.17. The van der Waals surface area contributed by atoms with Crippen molar-refractivity contribution in [3.63, 3.8) is 0 Å². The first-order valence-corrected chi connectivity index (χ1v) is 9.10. The maximum absolute atomic E-state index is 13.4. The van der Waals surface area contributed by atoms with E-state index in [9.17, 15) is 4.39 Å². The summed E-state index contributed by atoms with van der Waals surface area (Å²) in [6, 6.07) is 24.9. The van der Waals surface area contributed by atoms with Gasteiger partial charge >= 0.3 is 0 Å². The lowest BCUT2D eigenvalue weighted by molar-refractivity contribution is 0.628. The second kappa shape index (κ2) is 7.27. The summed E-state index contributed by atoms with van der Waals surface area (Å²) in [6.07, 6.45) is 0.691. The van der Waals surface area contributed by atoms with Crippen molar-refractivity contribution in [3.8, 4) is 22.4 Å². The summed E-state index contributed by atoms with van der Waals surface area (Å²) in [6.45, 7) is 0. The van der Waals surface area contributed by atoms with Crippen molar-refractivity contribution in [2.45, 2.75) is 6.42 Å². The molecule has 0 spiro atoms. The van der Waals surface area contributed by atoms with Gasteiger partial charge in [-0.2, -0.15) is 0 Å². The molecule has 128 valence electrons. The summed E-state index contributed by atoms with van der Waals surface area (Å²) in [5, 5.41) is 1.10. The topological polar surface area (TPSA) is 12.9 Å². The Bertz CT molecular complexity index is 1040. The van der Waals surface area contributed by atoms with E-state index >= 15 is 0 Å². The zero-order valence-electron chi connectivity index (χ0n) is 14.1. The fourth-order valence-corrected chi connectivity index (χ4v) is 3.56. The van der Waals surface area contributed by atoms with Crippen LogP contribution in [0.25, 0.3) is 33.3 Å². The highest BCUT2D eigenvalue weighted by molar-refractivity contribution is 6.18. The maximum Gasteiger partial charge on any atom is 0.123 e. The summed E-state index contributed by atoms with van der Waals surface area (Å²) in [7, 11) is 0. The van der Waals surface area contributed by atoms with Gasteiger partial charge in [-0.3, -0.25) is 0 Å². The molecule has 0 aliphatic rings. The van der Waals surface area contributed by atoms with Crippen molar-refractivity contribution < 1.29 is 4.39 Å². The molecule has 0 amide bonds. The van der Waals surface area contributed by atoms with Crippen LogP contribution >= 0.6 is 11.6 Å². The molecular weight excluding hydrogens is 345 g/mol. The number of hydrogen-bond acceptors (Lipinski definition) is 1. The van der Waals surface area contributed by atoms with Crippen molar-refractivity contribution in [1.29, 1.82) is 0 Å². The number of alkyl halides is 1. The summed E-state index contributed by atoms with van der Waals surface area (Å²) in [4.78, 5) is 4.90. The highest BCUT2D eigenvalue weighted by Crippen LogP contribution is 2.37. The van der Waals surface area contributed by atoms with Gasteiger partial charge < -0.3 is 0 Å². The minimum Gasteiger partial charge on any atom is -0.247 e. The number of nitrogens with zero attached hydrogens (tertiary/aromatic N) is 1. The fourth-order valence-electron chi connectivity index (χ4n) is 3.37. The second-order valence-corrected chi connectivity index (χ2v) is 6.52. The number of benzene rings is 3. The van der Waals surface area contributed by atoms with Gasteiger partial charge in [0.2, 0.25) is 0 Å². The van der Waals surface area contributed by atoms with Crippen molar-refractivity contribution in [2.75, 3.05) is 5.88 Å². The Balaban J connectivity index is 2.09. The average Bonchev–Trinajstić information content (AvgIpc) is 2.69. The van der Waals surface area contributed by atoms with Crippen LogP contribution < -0.4 is 0 Å². The number of para-hydroxylation sites is 1. The number of hydrogen-bond donors (Lipinski definition) is 0. The molecule has 0 fully saturated rings. The first kappa shape index (κ1) is 16.7. The lowest BCUT2D eigenvalue weighted by Crippen LogP contribution is -2.00. The first-order valence-electron chi connectivity index (χ1n) is 8.57. The van der Waals surface area contributed by atoms with Crippen LogP contribution in [0.2, 0.25) is 0 Å². The molecule has 0 radical (unpaired) electrons. The Morgan fingerprint density at radius 1 is 0.769 bits per heavy atom. The minimum absolute atomic E-state index is 0.253. The van der Waals surface area contributed by atoms with Crippen LogP contribution in [0.3, 0.4) is 0 Å². The van der Waals surface area contributed by atoms with Gasteiger partial charge in [-0.15, -0.1) is 11.6 Å². The molecule has 0 aliphatic heterocycles. The van der Waals surface area contributed by atoms with Crippen LogP contribution in [-0.2, 0) is 6.42 Å². The molecule has 0 saturated carbocycles. The predicted octanol–water partition coefficient (Wildman–Crippen LogP) is 6.49. The summed E-state index contributed by atoms with van der Waals surface area (Å²) < 4.78 is 13.4. The molecule has 0 bridgehead atoms. The zero-order valence-corrected chi connectivity index (χ0v) is 14.9. The van der Waals surface area contributed by atoms with Crippen LogP contribution in [-0.4, -0.2) is 10.9 Å². The van der Waals surface area contributed by atoms with Gasteiger partial charge in [0.1, 0.15) is 5.82 Å². The van der Waals surface area contributed by atoms with E-state index < -0.39 is 0 Å². The molecule has 4 aromatic rings.